The minimum absolute atomic E-state index is 0.0407. The maximum absolute atomic E-state index is 13.3. The van der Waals surface area contributed by atoms with Gasteiger partial charge in [-0.1, -0.05) is 4.67 Å². The highest BCUT2D eigenvalue weighted by atomic mass is 31.1. The number of hydrogen-bond acceptors (Lipinski definition) is 6. The van der Waals surface area contributed by atoms with Crippen molar-refractivity contribution in [3.05, 3.63) is 40.7 Å². The van der Waals surface area contributed by atoms with Crippen LogP contribution in [0.15, 0.2) is 18.2 Å². The zero-order valence-electron chi connectivity index (χ0n) is 19.3. The molecule has 1 aromatic carbocycles. The Labute approximate surface area is 185 Å². The number of aromatic nitrogens is 2. The molecular weight excluding hydrogens is 436 g/mol. The number of aromatic hydroxyl groups is 1. The molecule has 1 aromatic heterocycles. The summed E-state index contributed by atoms with van der Waals surface area (Å²) in [5.74, 6) is 0.661. The molecule has 3 atom stereocenters. The smallest absolute Gasteiger partial charge is 0.504 e. The van der Waals surface area contributed by atoms with Crippen LogP contribution in [-0.2, 0) is 9.13 Å². The molecule has 3 unspecified atom stereocenters. The van der Waals surface area contributed by atoms with Crippen LogP contribution in [0.1, 0.15) is 28.2 Å². The lowest BCUT2D eigenvalue weighted by Gasteiger charge is -2.18. The van der Waals surface area contributed by atoms with Crippen molar-refractivity contribution < 1.29 is 19.0 Å². The number of anilines is 1. The maximum Gasteiger partial charge on any atom is 0.569 e. The van der Waals surface area contributed by atoms with E-state index in [9.17, 15) is 14.2 Å². The van der Waals surface area contributed by atoms with Crippen LogP contribution in [0, 0.1) is 20.8 Å². The van der Waals surface area contributed by atoms with Gasteiger partial charge in [0, 0.05) is 45.1 Å². The normalized spacial score (nSPS) is 13.4. The largest absolute Gasteiger partial charge is 0.569 e. The molecule has 1 N–H and O–H groups in total. The van der Waals surface area contributed by atoms with E-state index in [1.807, 2.05) is 19.9 Å². The minimum Gasteiger partial charge on any atom is -0.504 e. The molecule has 0 radical (unpaired) electrons. The van der Waals surface area contributed by atoms with E-state index in [-0.39, 0.29) is 12.3 Å². The van der Waals surface area contributed by atoms with Crippen molar-refractivity contribution in [2.45, 2.75) is 26.4 Å². The van der Waals surface area contributed by atoms with Crippen LogP contribution in [0.5, 0.6) is 11.5 Å². The number of ether oxygens (including phenoxy) is 1. The highest BCUT2D eigenvalue weighted by Crippen LogP contribution is 2.48. The summed E-state index contributed by atoms with van der Waals surface area (Å²) in [6.45, 7) is 5.61. The molecule has 31 heavy (non-hydrogen) atoms. The van der Waals surface area contributed by atoms with Crippen LogP contribution >= 0.6 is 16.1 Å². The van der Waals surface area contributed by atoms with Crippen molar-refractivity contribution in [1.29, 1.82) is 0 Å². The lowest BCUT2D eigenvalue weighted by atomic mass is 10.1. The molecular formula is C20H31N5O4P2+2. The summed E-state index contributed by atoms with van der Waals surface area (Å²) in [6.07, 6.45) is 0. The van der Waals surface area contributed by atoms with E-state index in [0.29, 0.717) is 22.8 Å². The van der Waals surface area contributed by atoms with E-state index in [1.54, 1.807) is 61.3 Å². The monoisotopic (exact) mass is 467 g/mol. The van der Waals surface area contributed by atoms with Crippen LogP contribution in [-0.4, -0.2) is 66.3 Å². The third-order valence-corrected chi connectivity index (χ3v) is 7.87. The van der Waals surface area contributed by atoms with Gasteiger partial charge in [-0.3, -0.25) is 0 Å². The van der Waals surface area contributed by atoms with Crippen LogP contribution < -0.4 is 9.41 Å². The number of phenolic OH excluding ortho intramolecular Hbond substituents is 1. The molecule has 0 aliphatic carbocycles. The molecule has 0 fully saturated rings. The number of phenols is 1. The van der Waals surface area contributed by atoms with E-state index in [2.05, 4.69) is 9.97 Å². The molecule has 0 spiro atoms. The molecule has 0 saturated heterocycles. The zero-order chi connectivity index (χ0) is 23.5. The number of nitrogens with zero attached hydrogens (tertiary/aromatic N) is 5. The highest BCUT2D eigenvalue weighted by Gasteiger charge is 2.45. The Hall–Kier alpha value is -2.18. The second-order valence-electron chi connectivity index (χ2n) is 7.69. The van der Waals surface area contributed by atoms with Gasteiger partial charge in [0.1, 0.15) is 6.54 Å². The SMILES string of the molecule is COc1cc(C(CN(c2nc(C)cc(C)n2)[P+](=O)N(C)C)[P+](=O)N(C)C)cc(C)c1O. The molecule has 0 amide bonds. The van der Waals surface area contributed by atoms with E-state index in [4.69, 9.17) is 4.74 Å². The highest BCUT2D eigenvalue weighted by molar-refractivity contribution is 7.44. The summed E-state index contributed by atoms with van der Waals surface area (Å²) < 4.78 is 36.7. The molecule has 0 aliphatic rings. The summed E-state index contributed by atoms with van der Waals surface area (Å²) in [7, 11) is 4.43. The average Bonchev–Trinajstić information content (AvgIpc) is 2.69. The van der Waals surface area contributed by atoms with Crippen LogP contribution in [0.25, 0.3) is 0 Å². The van der Waals surface area contributed by atoms with Crippen LogP contribution in [0.3, 0.4) is 0 Å². The molecule has 2 aromatic rings. The van der Waals surface area contributed by atoms with Crippen LogP contribution in [0.4, 0.5) is 5.95 Å². The van der Waals surface area contributed by atoms with E-state index < -0.39 is 21.7 Å². The van der Waals surface area contributed by atoms with Gasteiger partial charge in [-0.15, -0.1) is 9.34 Å². The Bertz CT molecular complexity index is 964. The van der Waals surface area contributed by atoms with Crippen molar-refractivity contribution in [1.82, 2.24) is 19.3 Å². The fourth-order valence-corrected chi connectivity index (χ4v) is 5.50. The van der Waals surface area contributed by atoms with Gasteiger partial charge in [-0.25, -0.2) is 9.97 Å². The third kappa shape index (κ3) is 5.95. The van der Waals surface area contributed by atoms with Gasteiger partial charge < -0.3 is 9.84 Å². The fourth-order valence-electron chi connectivity index (χ4n) is 3.13. The third-order valence-electron chi connectivity index (χ3n) is 4.65. The van der Waals surface area contributed by atoms with E-state index in [1.165, 1.54) is 7.11 Å². The second-order valence-corrected chi connectivity index (χ2v) is 11.5. The van der Waals surface area contributed by atoms with Crippen molar-refractivity contribution in [2.24, 2.45) is 0 Å². The van der Waals surface area contributed by atoms with Crippen molar-refractivity contribution in [2.75, 3.05) is 46.5 Å². The first-order valence-electron chi connectivity index (χ1n) is 9.71. The summed E-state index contributed by atoms with van der Waals surface area (Å²) in [4.78, 5) is 8.97. The first-order valence-corrected chi connectivity index (χ1v) is 12.2. The molecule has 0 saturated carbocycles. The first-order chi connectivity index (χ1) is 14.5. The standard InChI is InChI=1S/C20H30N5O4P2/c1-13-9-16(11-17(29-8)19(13)26)18(30(27)23(4)5)12-25(31(28)24(6)7)20-21-14(2)10-15(3)22-20/h9-11,18H,12H2,1-8H3/q+1/p+1. The average molecular weight is 467 g/mol. The molecule has 2 rings (SSSR count). The zero-order valence-corrected chi connectivity index (χ0v) is 21.1. The first kappa shape index (κ1) is 25.1. The minimum atomic E-state index is -2.03. The van der Waals surface area contributed by atoms with Gasteiger partial charge in [0.05, 0.1) is 7.11 Å². The van der Waals surface area contributed by atoms with Gasteiger partial charge in [0.25, 0.3) is 5.95 Å². The van der Waals surface area contributed by atoms with Gasteiger partial charge in [-0.2, -0.15) is 0 Å². The molecule has 1 heterocycles. The Balaban J connectivity index is 2.62. The Morgan fingerprint density at radius 3 is 2.06 bits per heavy atom. The number of methoxy groups -OCH3 is 1. The molecule has 168 valence electrons. The summed E-state index contributed by atoms with van der Waals surface area (Å²) >= 11 is 0. The lowest BCUT2D eigenvalue weighted by molar-refractivity contribution is 0.371. The summed E-state index contributed by atoms with van der Waals surface area (Å²) in [5.41, 5.74) is 2.28. The Morgan fingerprint density at radius 1 is 1.00 bits per heavy atom. The van der Waals surface area contributed by atoms with Crippen molar-refractivity contribution in [3.8, 4) is 11.5 Å². The summed E-state index contributed by atoms with van der Waals surface area (Å²) in [5, 5.41) is 10.2. The maximum atomic E-state index is 13.3. The van der Waals surface area contributed by atoms with Gasteiger partial charge in [-0.05, 0) is 53.7 Å². The number of hydrogen-bond donors (Lipinski definition) is 1. The second kappa shape index (κ2) is 10.4. The number of aryl methyl sites for hydroxylation is 3. The van der Waals surface area contributed by atoms with E-state index >= 15 is 0 Å². The number of benzene rings is 1. The van der Waals surface area contributed by atoms with Crippen molar-refractivity contribution in [3.63, 3.8) is 0 Å². The fraction of sp³-hybridized carbons (Fsp3) is 0.500. The Morgan fingerprint density at radius 2 is 1.58 bits per heavy atom. The predicted molar refractivity (Wildman–Crippen MR) is 124 cm³/mol. The van der Waals surface area contributed by atoms with Gasteiger partial charge >= 0.3 is 16.1 Å². The van der Waals surface area contributed by atoms with Crippen molar-refractivity contribution >= 4 is 22.0 Å². The lowest BCUT2D eigenvalue weighted by Crippen LogP contribution is -2.28. The van der Waals surface area contributed by atoms with Crippen LogP contribution in [0.2, 0.25) is 0 Å². The topological polar surface area (TPSA) is 99.1 Å². The molecule has 0 bridgehead atoms. The van der Waals surface area contributed by atoms with Gasteiger partial charge in [0.2, 0.25) is 5.66 Å². The summed E-state index contributed by atoms with van der Waals surface area (Å²) in [6, 6.07) is 5.30. The molecule has 0 aliphatic heterocycles. The molecule has 11 heteroatoms. The molecule has 9 nitrogen and oxygen atoms in total. The van der Waals surface area contributed by atoms with Gasteiger partial charge in [0.15, 0.2) is 11.5 Å². The Kier molecular flexibility index (Phi) is 8.43. The quantitative estimate of drug-likeness (QED) is 0.544. The predicted octanol–water partition coefficient (Wildman–Crippen LogP) is 4.19. The van der Waals surface area contributed by atoms with E-state index in [0.717, 1.165) is 11.4 Å². The number of rotatable bonds is 9.